The fraction of sp³-hybridized carbons (Fsp3) is 0.333. The van der Waals surface area contributed by atoms with E-state index in [1.165, 1.54) is 0 Å². The van der Waals surface area contributed by atoms with Crippen LogP contribution in [0, 0.1) is 0 Å². The molecule has 5 nitrogen and oxygen atoms in total. The van der Waals surface area contributed by atoms with Gasteiger partial charge in [0.15, 0.2) is 5.15 Å². The van der Waals surface area contributed by atoms with Gasteiger partial charge in [0.25, 0.3) is 0 Å². The van der Waals surface area contributed by atoms with Gasteiger partial charge in [0.05, 0.1) is 12.2 Å². The molecule has 0 bridgehead atoms. The number of anilines is 1. The van der Waals surface area contributed by atoms with Crippen molar-refractivity contribution in [1.29, 1.82) is 0 Å². The molecule has 1 aromatic heterocycles. The molecule has 1 aliphatic rings. The molecule has 0 aliphatic carbocycles. The van der Waals surface area contributed by atoms with E-state index in [1.54, 1.807) is 18.3 Å². The predicted molar refractivity (Wildman–Crippen MR) is 102 cm³/mol. The fourth-order valence-corrected chi connectivity index (χ4v) is 3.56. The van der Waals surface area contributed by atoms with Gasteiger partial charge in [-0.3, -0.25) is 10.1 Å². The molecule has 0 unspecified atom stereocenters. The van der Waals surface area contributed by atoms with Gasteiger partial charge in [-0.05, 0) is 42.7 Å². The number of ether oxygens (including phenoxy) is 1. The minimum atomic E-state index is -0.280. The first-order valence-electron chi connectivity index (χ1n) is 8.08. The molecule has 7 heteroatoms. The van der Waals surface area contributed by atoms with Crippen LogP contribution in [-0.2, 0) is 15.1 Å². The van der Waals surface area contributed by atoms with Crippen LogP contribution < -0.4 is 10.6 Å². The molecule has 0 atom stereocenters. The summed E-state index contributed by atoms with van der Waals surface area (Å²) in [5.41, 5.74) is 1.38. The summed E-state index contributed by atoms with van der Waals surface area (Å²) < 4.78 is 6.53. The van der Waals surface area contributed by atoms with Crippen molar-refractivity contribution >= 4 is 39.1 Å². The molecule has 2 heterocycles. The number of pyridine rings is 1. The Labute approximate surface area is 160 Å². The smallest absolute Gasteiger partial charge is 0.238 e. The normalized spacial score (nSPS) is 16.4. The van der Waals surface area contributed by atoms with Gasteiger partial charge in [0.2, 0.25) is 5.91 Å². The number of hydrogen-bond donors (Lipinski definition) is 2. The van der Waals surface area contributed by atoms with E-state index < -0.39 is 0 Å². The third-order valence-corrected chi connectivity index (χ3v) is 5.14. The molecule has 3 rings (SSSR count). The molecule has 0 spiro atoms. The topological polar surface area (TPSA) is 63.2 Å². The summed E-state index contributed by atoms with van der Waals surface area (Å²) in [7, 11) is 0. The number of amides is 1. The second kappa shape index (κ2) is 8.27. The lowest BCUT2D eigenvalue weighted by molar-refractivity contribution is -0.116. The van der Waals surface area contributed by atoms with Crippen LogP contribution in [0.4, 0.5) is 5.69 Å². The van der Waals surface area contributed by atoms with Crippen molar-refractivity contribution in [3.63, 3.8) is 0 Å². The number of carbonyl (C=O) groups is 1. The largest absolute Gasteiger partial charge is 0.381 e. The lowest BCUT2D eigenvalue weighted by Gasteiger charge is -2.38. The van der Waals surface area contributed by atoms with Crippen LogP contribution in [0.15, 0.2) is 47.1 Å². The zero-order valence-electron chi connectivity index (χ0n) is 13.6. The maximum absolute atomic E-state index is 12.3. The maximum Gasteiger partial charge on any atom is 0.238 e. The van der Waals surface area contributed by atoms with Crippen molar-refractivity contribution in [1.82, 2.24) is 10.3 Å². The highest BCUT2D eigenvalue weighted by atomic mass is 79.9. The highest BCUT2D eigenvalue weighted by Gasteiger charge is 2.34. The van der Waals surface area contributed by atoms with Gasteiger partial charge in [-0.25, -0.2) is 4.98 Å². The molecule has 0 saturated carbocycles. The second-order valence-corrected chi connectivity index (χ2v) is 7.22. The summed E-state index contributed by atoms with van der Waals surface area (Å²) in [6.07, 6.45) is 3.20. The van der Waals surface area contributed by atoms with E-state index in [2.05, 4.69) is 43.7 Å². The Balaban J connectivity index is 1.71. The number of aromatic nitrogens is 1. The minimum absolute atomic E-state index is 0.157. The van der Waals surface area contributed by atoms with E-state index in [0.29, 0.717) is 18.9 Å². The molecule has 2 N–H and O–H groups in total. The van der Waals surface area contributed by atoms with Gasteiger partial charge in [-0.2, -0.15) is 0 Å². The average Bonchev–Trinajstić information content (AvgIpc) is 2.63. The van der Waals surface area contributed by atoms with Gasteiger partial charge in [-0.15, -0.1) is 0 Å². The first-order valence-corrected chi connectivity index (χ1v) is 9.25. The number of nitrogens with one attached hydrogen (secondary N) is 2. The quantitative estimate of drug-likeness (QED) is 0.718. The third kappa shape index (κ3) is 4.58. The zero-order valence-corrected chi connectivity index (χ0v) is 15.9. The van der Waals surface area contributed by atoms with Crippen LogP contribution in [-0.4, -0.2) is 30.6 Å². The molecular weight excluding hydrogens is 406 g/mol. The van der Waals surface area contributed by atoms with Gasteiger partial charge in [0, 0.05) is 29.4 Å². The Morgan fingerprint density at radius 3 is 2.80 bits per heavy atom. The maximum atomic E-state index is 12.3. The van der Waals surface area contributed by atoms with Crippen LogP contribution >= 0.6 is 27.5 Å². The Kier molecular flexibility index (Phi) is 6.06. The van der Waals surface area contributed by atoms with E-state index in [-0.39, 0.29) is 23.1 Å². The first-order chi connectivity index (χ1) is 12.1. The zero-order chi connectivity index (χ0) is 17.7. The highest BCUT2D eigenvalue weighted by Crippen LogP contribution is 2.33. The molecule has 1 saturated heterocycles. The Morgan fingerprint density at radius 1 is 1.28 bits per heavy atom. The number of carbonyl (C=O) groups excluding carboxylic acids is 1. The third-order valence-electron chi connectivity index (χ3n) is 4.34. The van der Waals surface area contributed by atoms with Crippen LogP contribution in [0.3, 0.4) is 0 Å². The van der Waals surface area contributed by atoms with Crippen LogP contribution in [0.1, 0.15) is 18.4 Å². The molecular formula is C18H19BrClN3O2. The van der Waals surface area contributed by atoms with Crippen LogP contribution in [0.2, 0.25) is 5.15 Å². The molecule has 1 aliphatic heterocycles. The standard InChI is InChI=1S/C18H19BrClN3O2/c19-14-4-1-3-13(11-14)18(6-9-25-10-7-18)22-12-16(24)23-15-5-2-8-21-17(15)20/h1-5,8,11,22H,6-7,9-10,12H2,(H,23,24). The molecule has 25 heavy (non-hydrogen) atoms. The van der Waals surface area contributed by atoms with E-state index in [9.17, 15) is 4.79 Å². The number of halogens is 2. The fourth-order valence-electron chi connectivity index (χ4n) is 3.00. The molecule has 0 radical (unpaired) electrons. The van der Waals surface area contributed by atoms with Crippen molar-refractivity contribution in [2.24, 2.45) is 0 Å². The summed E-state index contributed by atoms with van der Waals surface area (Å²) >= 11 is 9.52. The average molecular weight is 425 g/mol. The number of rotatable bonds is 5. The summed E-state index contributed by atoms with van der Waals surface area (Å²) in [6, 6.07) is 11.6. The SMILES string of the molecule is O=C(CNC1(c2cccc(Br)c2)CCOCC1)Nc1cccnc1Cl. The Hall–Kier alpha value is -1.47. The molecule has 132 valence electrons. The van der Waals surface area contributed by atoms with Crippen molar-refractivity contribution in [3.8, 4) is 0 Å². The van der Waals surface area contributed by atoms with E-state index in [4.69, 9.17) is 16.3 Å². The summed E-state index contributed by atoms with van der Waals surface area (Å²) in [5.74, 6) is -0.157. The Morgan fingerprint density at radius 2 is 2.08 bits per heavy atom. The molecule has 1 amide bonds. The van der Waals surface area contributed by atoms with E-state index >= 15 is 0 Å². The van der Waals surface area contributed by atoms with Crippen molar-refractivity contribution in [3.05, 3.63) is 57.8 Å². The Bertz CT molecular complexity index is 751. The van der Waals surface area contributed by atoms with Gasteiger partial charge in [0.1, 0.15) is 0 Å². The van der Waals surface area contributed by atoms with Crippen molar-refractivity contribution in [2.75, 3.05) is 25.1 Å². The monoisotopic (exact) mass is 423 g/mol. The first kappa shape index (κ1) is 18.3. The van der Waals surface area contributed by atoms with Gasteiger partial charge in [-0.1, -0.05) is 39.7 Å². The van der Waals surface area contributed by atoms with Gasteiger partial charge >= 0.3 is 0 Å². The van der Waals surface area contributed by atoms with Crippen LogP contribution in [0.25, 0.3) is 0 Å². The predicted octanol–water partition coefficient (Wildman–Crippen LogP) is 3.73. The highest BCUT2D eigenvalue weighted by molar-refractivity contribution is 9.10. The summed E-state index contributed by atoms with van der Waals surface area (Å²) in [6.45, 7) is 1.50. The lowest BCUT2D eigenvalue weighted by Crippen LogP contribution is -2.49. The van der Waals surface area contributed by atoms with E-state index in [0.717, 1.165) is 22.9 Å². The summed E-state index contributed by atoms with van der Waals surface area (Å²) in [4.78, 5) is 16.3. The number of hydrogen-bond acceptors (Lipinski definition) is 4. The summed E-state index contributed by atoms with van der Waals surface area (Å²) in [5, 5.41) is 6.52. The molecule has 1 fully saturated rings. The van der Waals surface area contributed by atoms with Gasteiger partial charge < -0.3 is 10.1 Å². The van der Waals surface area contributed by atoms with Crippen LogP contribution in [0.5, 0.6) is 0 Å². The van der Waals surface area contributed by atoms with Crippen molar-refractivity contribution in [2.45, 2.75) is 18.4 Å². The van der Waals surface area contributed by atoms with E-state index in [1.807, 2.05) is 12.1 Å². The minimum Gasteiger partial charge on any atom is -0.381 e. The molecule has 1 aromatic carbocycles. The van der Waals surface area contributed by atoms with Crippen molar-refractivity contribution < 1.29 is 9.53 Å². The number of nitrogens with zero attached hydrogens (tertiary/aromatic N) is 1. The second-order valence-electron chi connectivity index (χ2n) is 5.95. The lowest BCUT2D eigenvalue weighted by atomic mass is 9.82. The number of benzene rings is 1. The molecule has 2 aromatic rings.